The fraction of sp³-hybridized carbons (Fsp3) is 0.750. The molecular formula is C20H43GeN3Zr. The molecule has 0 amide bonds. The van der Waals surface area contributed by atoms with E-state index in [1.165, 1.54) is 0 Å². The van der Waals surface area contributed by atoms with E-state index >= 15 is 0 Å². The molecule has 0 radical (unpaired) electrons. The predicted molar refractivity (Wildman–Crippen MR) is 117 cm³/mol. The van der Waals surface area contributed by atoms with E-state index in [4.69, 9.17) is 17.2 Å². The van der Waals surface area contributed by atoms with Gasteiger partial charge < -0.3 is 17.2 Å². The van der Waals surface area contributed by atoms with Gasteiger partial charge >= 0.3 is 85.4 Å². The van der Waals surface area contributed by atoms with Crippen molar-refractivity contribution in [2.24, 2.45) is 17.8 Å². The van der Waals surface area contributed by atoms with E-state index in [1.54, 1.807) is 4.40 Å². The van der Waals surface area contributed by atoms with Crippen LogP contribution in [-0.4, -0.2) is 32.9 Å². The van der Waals surface area contributed by atoms with Crippen LogP contribution in [0.1, 0.15) is 41.5 Å². The summed E-state index contributed by atoms with van der Waals surface area (Å²) in [6, 6.07) is 8.76. The number of hydrogen-bond acceptors (Lipinski definition) is 0. The molecule has 5 heteroatoms. The minimum atomic E-state index is -1.44. The zero-order chi connectivity index (χ0) is 19.8. The first-order chi connectivity index (χ1) is 10.9. The summed E-state index contributed by atoms with van der Waals surface area (Å²) in [6.07, 6.45) is 0. The number of nitrogens with one attached hydrogen (secondary N) is 3. The molecule has 1 aromatic carbocycles. The van der Waals surface area contributed by atoms with Crippen molar-refractivity contribution in [2.45, 2.75) is 58.8 Å². The molecule has 1 rings (SSSR count). The van der Waals surface area contributed by atoms with Crippen LogP contribution in [0.2, 0.25) is 17.3 Å². The van der Waals surface area contributed by atoms with Crippen LogP contribution >= 0.6 is 0 Å². The number of hydrogen-bond donors (Lipinski definition) is 0. The van der Waals surface area contributed by atoms with Crippen LogP contribution in [0.5, 0.6) is 0 Å². The van der Waals surface area contributed by atoms with Gasteiger partial charge in [0.2, 0.25) is 0 Å². The third-order valence-corrected chi connectivity index (χ3v) is 7.09. The Bertz CT molecular complexity index is 312. The standard InChI is InChI=1S/C8H13Ge.3C4H10N.Zr/c1-9(2,3)8-6-4-5-7-8;3*1-4(2)3-5;/h4-7H,1-3H3;3*4-5H,3H2,1-2H3;/q4*-1;+4. The molecule has 0 aromatic heterocycles. The maximum absolute atomic E-state index is 6.66. The SMILES string of the molecule is CC(C)C[NH-].CC(C)C[NH-].CC(C)C[NH-].[CH3][Ge]([CH3])([CH3])[c-]1cccc1.[Zr+4]. The molecule has 3 N–H and O–H groups in total. The molecule has 0 saturated carbocycles. The summed E-state index contributed by atoms with van der Waals surface area (Å²) >= 11 is -1.44. The molecule has 0 bridgehead atoms. The zero-order valence-corrected chi connectivity index (χ0v) is 22.7. The van der Waals surface area contributed by atoms with Crippen LogP contribution in [0, 0.1) is 17.8 Å². The first-order valence-corrected chi connectivity index (χ1v) is 16.4. The summed E-state index contributed by atoms with van der Waals surface area (Å²) in [5.41, 5.74) is 20.0. The van der Waals surface area contributed by atoms with Crippen molar-refractivity contribution in [2.75, 3.05) is 19.6 Å². The van der Waals surface area contributed by atoms with Crippen molar-refractivity contribution in [1.82, 2.24) is 0 Å². The maximum atomic E-state index is 6.66. The molecule has 0 aliphatic carbocycles. The van der Waals surface area contributed by atoms with Crippen molar-refractivity contribution in [3.8, 4) is 0 Å². The summed E-state index contributed by atoms with van der Waals surface area (Å²) in [5.74, 6) is 8.89. The molecule has 0 spiro atoms. The van der Waals surface area contributed by atoms with Crippen molar-refractivity contribution in [3.05, 3.63) is 41.5 Å². The molecule has 3 nitrogen and oxygen atoms in total. The molecule has 0 fully saturated rings. The van der Waals surface area contributed by atoms with Gasteiger partial charge in [-0.3, -0.25) is 0 Å². The zero-order valence-electron chi connectivity index (χ0n) is 18.2. The predicted octanol–water partition coefficient (Wildman–Crippen LogP) is 7.03. The van der Waals surface area contributed by atoms with Gasteiger partial charge in [0, 0.05) is 0 Å². The summed E-state index contributed by atoms with van der Waals surface area (Å²) < 4.78 is 1.61. The maximum Gasteiger partial charge on any atom is 4.00 e. The van der Waals surface area contributed by atoms with E-state index in [1.807, 2.05) is 41.5 Å². The first-order valence-electron chi connectivity index (χ1n) is 9.08. The summed E-state index contributed by atoms with van der Waals surface area (Å²) in [7, 11) is 0. The Morgan fingerprint density at radius 2 is 0.880 bits per heavy atom. The Morgan fingerprint density at radius 3 is 0.960 bits per heavy atom. The van der Waals surface area contributed by atoms with Crippen molar-refractivity contribution >= 4 is 17.7 Å². The summed E-state index contributed by atoms with van der Waals surface area (Å²) in [4.78, 5) is 0. The van der Waals surface area contributed by atoms with Crippen LogP contribution < -0.4 is 4.40 Å². The second-order valence-electron chi connectivity index (χ2n) is 8.22. The van der Waals surface area contributed by atoms with Crippen LogP contribution in [0.4, 0.5) is 0 Å². The molecular weight excluding hydrogens is 446 g/mol. The van der Waals surface area contributed by atoms with E-state index in [-0.39, 0.29) is 26.2 Å². The molecule has 0 atom stereocenters. The van der Waals surface area contributed by atoms with Crippen molar-refractivity contribution in [3.63, 3.8) is 0 Å². The Morgan fingerprint density at radius 1 is 0.680 bits per heavy atom. The summed E-state index contributed by atoms with van der Waals surface area (Å²) in [5, 5.41) is 0. The average molecular weight is 489 g/mol. The monoisotopic (exact) mass is 489 g/mol. The van der Waals surface area contributed by atoms with Gasteiger partial charge in [0.1, 0.15) is 0 Å². The first kappa shape index (κ1) is 33.3. The molecule has 0 saturated heterocycles. The third kappa shape index (κ3) is 32.8. The number of rotatable bonds is 4. The Hall–Kier alpha value is 0.656. The van der Waals surface area contributed by atoms with E-state index in [9.17, 15) is 0 Å². The quantitative estimate of drug-likeness (QED) is 0.322. The van der Waals surface area contributed by atoms with E-state index in [2.05, 4.69) is 41.5 Å². The van der Waals surface area contributed by atoms with Gasteiger partial charge in [-0.15, -0.1) is 19.6 Å². The minimum Gasteiger partial charge on any atom is 4.00 e. The van der Waals surface area contributed by atoms with E-state index < -0.39 is 13.3 Å². The van der Waals surface area contributed by atoms with Gasteiger partial charge in [0.15, 0.2) is 0 Å². The normalized spacial score (nSPS) is 10.0. The largest absolute Gasteiger partial charge is 4.00 e. The van der Waals surface area contributed by atoms with Gasteiger partial charge in [-0.05, 0) is 0 Å². The van der Waals surface area contributed by atoms with Gasteiger partial charge in [-0.25, -0.2) is 0 Å². The van der Waals surface area contributed by atoms with E-state index in [0.717, 1.165) is 0 Å². The second-order valence-corrected chi connectivity index (χ2v) is 18.9. The van der Waals surface area contributed by atoms with Crippen LogP contribution in [0.15, 0.2) is 24.3 Å². The Balaban J connectivity index is -0.000000122. The molecule has 1 aromatic rings. The molecule has 0 aliphatic rings. The Kier molecular flexibility index (Phi) is 27.9. The summed E-state index contributed by atoms with van der Waals surface area (Å²) in [6.45, 7) is 13.9. The topological polar surface area (TPSA) is 71.4 Å². The van der Waals surface area contributed by atoms with Crippen LogP contribution in [0.25, 0.3) is 17.2 Å². The molecule has 0 unspecified atom stereocenters. The molecule has 0 heterocycles. The fourth-order valence-corrected chi connectivity index (χ4v) is 3.38. The van der Waals surface area contributed by atoms with Crippen LogP contribution in [-0.2, 0) is 26.2 Å². The van der Waals surface area contributed by atoms with Gasteiger partial charge in [-0.1, -0.05) is 59.3 Å². The van der Waals surface area contributed by atoms with Gasteiger partial charge in [0.25, 0.3) is 0 Å². The van der Waals surface area contributed by atoms with Crippen molar-refractivity contribution < 1.29 is 26.2 Å². The molecule has 0 aliphatic heterocycles. The smallest absolute Gasteiger partial charge is 4.00 e. The second kappa shape index (κ2) is 21.0. The van der Waals surface area contributed by atoms with Gasteiger partial charge in [0.05, 0.1) is 0 Å². The third-order valence-electron chi connectivity index (χ3n) is 2.75. The van der Waals surface area contributed by atoms with Gasteiger partial charge in [-0.2, -0.15) is 0 Å². The fourth-order valence-electron chi connectivity index (χ4n) is 0.874. The van der Waals surface area contributed by atoms with E-state index in [0.29, 0.717) is 37.4 Å². The van der Waals surface area contributed by atoms with Crippen LogP contribution in [0.3, 0.4) is 0 Å². The average Bonchev–Trinajstić information content (AvgIpc) is 3.03. The Labute approximate surface area is 180 Å². The minimum absolute atomic E-state index is 0. The van der Waals surface area contributed by atoms with Crippen molar-refractivity contribution in [1.29, 1.82) is 0 Å². The molecule has 146 valence electrons. The molecule has 25 heavy (non-hydrogen) atoms.